The number of nitrogens with one attached hydrogen (secondary N) is 2. The minimum atomic E-state index is -1.29. The van der Waals surface area contributed by atoms with Crippen molar-refractivity contribution < 1.29 is 20.1 Å². The van der Waals surface area contributed by atoms with Gasteiger partial charge in [-0.3, -0.25) is 4.98 Å². The average molecular weight is 274 g/mol. The highest BCUT2D eigenvalue weighted by Gasteiger charge is 2.52. The van der Waals surface area contributed by atoms with Gasteiger partial charge in [-0.25, -0.2) is 4.79 Å². The molecule has 0 amide bonds. The highest BCUT2D eigenvalue weighted by Crippen LogP contribution is 2.39. The van der Waals surface area contributed by atoms with Crippen molar-refractivity contribution in [1.29, 1.82) is 0 Å². The van der Waals surface area contributed by atoms with Crippen LogP contribution in [0.5, 0.6) is 0 Å². The molecule has 2 heterocycles. The number of rotatable bonds is 2. The molecule has 18 heavy (non-hydrogen) atoms. The Bertz CT molecular complexity index is 556. The summed E-state index contributed by atoms with van der Waals surface area (Å²) in [6, 6.07) is 0. The lowest BCUT2D eigenvalue weighted by atomic mass is 9.91. The van der Waals surface area contributed by atoms with Crippen LogP contribution in [0.1, 0.15) is 12.5 Å². The zero-order valence-corrected chi connectivity index (χ0v) is 10.4. The van der Waals surface area contributed by atoms with Crippen molar-refractivity contribution in [2.45, 2.75) is 30.8 Å². The first-order valence-electron chi connectivity index (χ1n) is 5.37. The second-order valence-corrected chi connectivity index (χ2v) is 4.78. The average Bonchev–Trinajstić information content (AvgIpc) is 2.54. The minimum Gasteiger partial charge on any atom is -0.394 e. The van der Waals surface area contributed by atoms with Crippen molar-refractivity contribution in [2.24, 2.45) is 0 Å². The molecule has 100 valence electrons. The van der Waals surface area contributed by atoms with E-state index >= 15 is 0 Å². The first-order chi connectivity index (χ1) is 8.40. The van der Waals surface area contributed by atoms with Gasteiger partial charge in [-0.15, -0.1) is 0 Å². The van der Waals surface area contributed by atoms with E-state index in [1.165, 1.54) is 13.1 Å². The van der Waals surface area contributed by atoms with Gasteiger partial charge in [-0.05, 0) is 6.92 Å². The summed E-state index contributed by atoms with van der Waals surface area (Å²) >= 11 is 5.00. The maximum atomic E-state index is 11.1. The van der Waals surface area contributed by atoms with E-state index in [4.69, 9.17) is 22.1 Å². The summed E-state index contributed by atoms with van der Waals surface area (Å²) in [4.78, 5) is 15.8. The first-order valence-corrected chi connectivity index (χ1v) is 5.78. The van der Waals surface area contributed by atoms with Gasteiger partial charge in [-0.1, -0.05) is 12.2 Å². The van der Waals surface area contributed by atoms with Crippen molar-refractivity contribution in [3.8, 4) is 0 Å². The standard InChI is InChI=1S/C10H14N2O5S/c1-10(4-2-11-9(16)12-8(4)18)7(15)6(14)5(3-13)17-10/h2,5-7,13-15H,3H2,1H3,(H2,11,12,16,18)/t5-,6-,7-,10+/m1/s1. The molecule has 1 aromatic heterocycles. The normalized spacial score (nSPS) is 35.9. The Morgan fingerprint density at radius 3 is 2.72 bits per heavy atom. The lowest BCUT2D eigenvalue weighted by molar-refractivity contribution is -0.0863. The molecule has 1 aliphatic rings. The molecule has 7 nitrogen and oxygen atoms in total. The summed E-state index contributed by atoms with van der Waals surface area (Å²) in [7, 11) is 0. The minimum absolute atomic E-state index is 0.117. The van der Waals surface area contributed by atoms with Crippen LogP contribution in [-0.2, 0) is 10.3 Å². The Morgan fingerprint density at radius 2 is 2.22 bits per heavy atom. The van der Waals surface area contributed by atoms with Crippen molar-refractivity contribution in [1.82, 2.24) is 9.97 Å². The second kappa shape index (κ2) is 4.56. The Labute approximate surface area is 107 Å². The highest BCUT2D eigenvalue weighted by atomic mass is 32.1. The van der Waals surface area contributed by atoms with E-state index in [-0.39, 0.29) is 4.64 Å². The molecule has 0 spiro atoms. The van der Waals surface area contributed by atoms with Gasteiger partial charge in [0.25, 0.3) is 0 Å². The van der Waals surface area contributed by atoms with Gasteiger partial charge >= 0.3 is 5.69 Å². The molecule has 0 saturated carbocycles. The molecule has 8 heteroatoms. The van der Waals surface area contributed by atoms with Crippen molar-refractivity contribution in [3.05, 3.63) is 26.9 Å². The molecule has 2 rings (SSSR count). The largest absolute Gasteiger partial charge is 0.394 e. The van der Waals surface area contributed by atoms with E-state index in [0.717, 1.165) is 0 Å². The van der Waals surface area contributed by atoms with Crippen LogP contribution in [0.25, 0.3) is 0 Å². The van der Waals surface area contributed by atoms with Crippen LogP contribution in [0.3, 0.4) is 0 Å². The van der Waals surface area contributed by atoms with Crippen LogP contribution in [0.4, 0.5) is 0 Å². The third-order valence-corrected chi connectivity index (χ3v) is 3.52. The van der Waals surface area contributed by atoms with Gasteiger partial charge < -0.3 is 25.0 Å². The molecule has 1 saturated heterocycles. The molecule has 0 unspecified atom stereocenters. The molecule has 1 aliphatic heterocycles. The molecule has 0 aliphatic carbocycles. The molecular formula is C10H14N2O5S. The summed E-state index contributed by atoms with van der Waals surface area (Å²) in [5, 5.41) is 28.8. The van der Waals surface area contributed by atoms with Crippen LogP contribution in [-0.4, -0.2) is 50.2 Å². The van der Waals surface area contributed by atoms with Gasteiger partial charge in [0, 0.05) is 11.8 Å². The van der Waals surface area contributed by atoms with E-state index in [1.807, 2.05) is 0 Å². The monoisotopic (exact) mass is 274 g/mol. The number of hydrogen-bond acceptors (Lipinski definition) is 6. The third kappa shape index (κ3) is 1.91. The zero-order chi connectivity index (χ0) is 13.5. The van der Waals surface area contributed by atoms with Crippen LogP contribution < -0.4 is 5.69 Å². The van der Waals surface area contributed by atoms with E-state index in [1.54, 1.807) is 0 Å². The fourth-order valence-electron chi connectivity index (χ4n) is 2.13. The van der Waals surface area contributed by atoms with E-state index < -0.39 is 36.2 Å². The summed E-state index contributed by atoms with van der Waals surface area (Å²) in [6.45, 7) is 1.11. The summed E-state index contributed by atoms with van der Waals surface area (Å²) in [5.74, 6) is 0. The maximum absolute atomic E-state index is 11.1. The van der Waals surface area contributed by atoms with Gasteiger partial charge in [0.05, 0.1) is 6.61 Å². The number of aromatic nitrogens is 2. The van der Waals surface area contributed by atoms with E-state index in [0.29, 0.717) is 5.56 Å². The van der Waals surface area contributed by atoms with Gasteiger partial charge in [0.1, 0.15) is 28.6 Å². The molecule has 4 atom stereocenters. The third-order valence-electron chi connectivity index (χ3n) is 3.20. The lowest BCUT2D eigenvalue weighted by Crippen LogP contribution is -2.39. The Balaban J connectivity index is 2.49. The molecule has 1 aromatic rings. The van der Waals surface area contributed by atoms with Gasteiger partial charge in [-0.2, -0.15) is 0 Å². The highest BCUT2D eigenvalue weighted by molar-refractivity contribution is 7.71. The fourth-order valence-corrected chi connectivity index (χ4v) is 2.48. The Morgan fingerprint density at radius 1 is 1.56 bits per heavy atom. The molecule has 0 radical (unpaired) electrons. The van der Waals surface area contributed by atoms with Gasteiger partial charge in [0.15, 0.2) is 0 Å². The van der Waals surface area contributed by atoms with Crippen LogP contribution in [0, 0.1) is 4.64 Å². The predicted octanol–water partition coefficient (Wildman–Crippen LogP) is -1.24. The second-order valence-electron chi connectivity index (χ2n) is 4.37. The predicted molar refractivity (Wildman–Crippen MR) is 63.6 cm³/mol. The van der Waals surface area contributed by atoms with Crippen LogP contribution in [0.2, 0.25) is 0 Å². The number of ether oxygens (including phenoxy) is 1. The van der Waals surface area contributed by atoms with E-state index in [2.05, 4.69) is 9.97 Å². The lowest BCUT2D eigenvalue weighted by Gasteiger charge is -2.27. The molecule has 0 bridgehead atoms. The molecule has 1 fully saturated rings. The molecule has 0 aromatic carbocycles. The van der Waals surface area contributed by atoms with Crippen LogP contribution in [0.15, 0.2) is 11.0 Å². The van der Waals surface area contributed by atoms with Crippen LogP contribution >= 0.6 is 12.2 Å². The Hall–Kier alpha value is -1.06. The van der Waals surface area contributed by atoms with Crippen molar-refractivity contribution in [2.75, 3.05) is 6.61 Å². The van der Waals surface area contributed by atoms with E-state index in [9.17, 15) is 15.0 Å². The number of aliphatic hydroxyl groups is 3. The Kier molecular flexibility index (Phi) is 3.39. The fraction of sp³-hybridized carbons (Fsp3) is 0.600. The van der Waals surface area contributed by atoms with Crippen molar-refractivity contribution in [3.63, 3.8) is 0 Å². The number of aliphatic hydroxyl groups excluding tert-OH is 3. The van der Waals surface area contributed by atoms with Crippen molar-refractivity contribution >= 4 is 12.2 Å². The summed E-state index contributed by atoms with van der Waals surface area (Å²) in [6.07, 6.45) is -2.04. The quantitative estimate of drug-likeness (QED) is 0.430. The number of aromatic amines is 2. The zero-order valence-electron chi connectivity index (χ0n) is 9.58. The number of hydrogen-bond donors (Lipinski definition) is 5. The topological polar surface area (TPSA) is 119 Å². The SMILES string of the molecule is C[C@@]1(c2c[nH]c(=O)[nH]c2=S)O[C@H](CO)[C@@H](O)[C@H]1O. The summed E-state index contributed by atoms with van der Waals surface area (Å²) in [5.41, 5.74) is -1.41. The molecule has 5 N–H and O–H groups in total. The van der Waals surface area contributed by atoms with Gasteiger partial charge in [0.2, 0.25) is 0 Å². The summed E-state index contributed by atoms with van der Waals surface area (Å²) < 4.78 is 5.59. The molecular weight excluding hydrogens is 260 g/mol. The smallest absolute Gasteiger partial charge is 0.323 e. The number of H-pyrrole nitrogens is 2. The first kappa shape index (κ1) is 13.4. The maximum Gasteiger partial charge on any atom is 0.323 e.